The van der Waals surface area contributed by atoms with Crippen LogP contribution in [0.5, 0.6) is 11.5 Å². The van der Waals surface area contributed by atoms with Crippen molar-refractivity contribution < 1.29 is 23.8 Å². The van der Waals surface area contributed by atoms with Crippen LogP contribution in [0.2, 0.25) is 0 Å². The second-order valence-corrected chi connectivity index (χ2v) is 15.7. The summed E-state index contributed by atoms with van der Waals surface area (Å²) in [5, 5.41) is 29.6. The number of amides is 2. The Morgan fingerprint density at radius 1 is 1.02 bits per heavy atom. The van der Waals surface area contributed by atoms with E-state index in [0.717, 1.165) is 76.6 Å². The third kappa shape index (κ3) is 9.24. The van der Waals surface area contributed by atoms with Gasteiger partial charge in [0.15, 0.2) is 23.0 Å². The minimum absolute atomic E-state index is 0.254. The number of benzene rings is 3. The maximum atomic E-state index is 13.9. The molecule has 4 heterocycles. The van der Waals surface area contributed by atoms with Crippen LogP contribution in [0.3, 0.4) is 0 Å². The van der Waals surface area contributed by atoms with Crippen LogP contribution in [0.25, 0.3) is 22.7 Å². The number of rotatable bonds is 14. The number of phenols is 1. The highest BCUT2D eigenvalue weighted by Crippen LogP contribution is 2.33. The molecule has 7 rings (SSSR count). The number of morpholine rings is 1. The van der Waals surface area contributed by atoms with Gasteiger partial charge in [-0.15, -0.1) is 10.2 Å². The predicted molar refractivity (Wildman–Crippen MR) is 214 cm³/mol. The Morgan fingerprint density at radius 3 is 2.67 bits per heavy atom. The van der Waals surface area contributed by atoms with Gasteiger partial charge in [-0.3, -0.25) is 14.6 Å². The second-order valence-electron chi connectivity index (χ2n) is 13.7. The van der Waals surface area contributed by atoms with Gasteiger partial charge in [0.05, 0.1) is 24.6 Å². The number of hydrogen-bond acceptors (Lipinski definition) is 10. The first kappa shape index (κ1) is 38.2. The molecule has 0 unspecified atom stereocenters. The quantitative estimate of drug-likeness (QED) is 0.104. The van der Waals surface area contributed by atoms with Crippen LogP contribution >= 0.6 is 23.5 Å². The fraction of sp³-hybridized carbons (Fsp3) is 0.300. The van der Waals surface area contributed by atoms with Crippen molar-refractivity contribution in [2.75, 3.05) is 56.8 Å². The number of halogens is 1. The van der Waals surface area contributed by atoms with Crippen LogP contribution < -0.4 is 15.4 Å². The van der Waals surface area contributed by atoms with Crippen molar-refractivity contribution in [2.45, 2.75) is 35.6 Å². The number of urea groups is 1. The molecule has 0 radical (unpaired) electrons. The highest BCUT2D eigenvalue weighted by atomic mass is 32.2. The molecule has 12 nitrogen and oxygen atoms in total. The van der Waals surface area contributed by atoms with E-state index in [1.165, 1.54) is 22.9 Å². The van der Waals surface area contributed by atoms with Crippen molar-refractivity contribution in [2.24, 2.45) is 0 Å². The average Bonchev–Trinajstić information content (AvgIpc) is 3.81. The molecule has 286 valence electrons. The number of thioether (sulfide) groups is 1. The molecular formula is C40H43FN8O4S2. The van der Waals surface area contributed by atoms with E-state index in [1.807, 2.05) is 83.6 Å². The Hall–Kier alpha value is -5.09. The lowest BCUT2D eigenvalue weighted by Crippen LogP contribution is -2.38. The third-order valence-corrected chi connectivity index (χ3v) is 11.3. The van der Waals surface area contributed by atoms with Crippen LogP contribution in [-0.2, 0) is 16.7 Å². The van der Waals surface area contributed by atoms with E-state index in [9.17, 15) is 14.3 Å². The molecule has 1 aliphatic rings. The van der Waals surface area contributed by atoms with Gasteiger partial charge in [-0.25, -0.2) is 13.9 Å². The summed E-state index contributed by atoms with van der Waals surface area (Å²) >= 11 is 3.27. The fourth-order valence-corrected chi connectivity index (χ4v) is 8.08. The average molecular weight is 783 g/mol. The van der Waals surface area contributed by atoms with Gasteiger partial charge in [0.25, 0.3) is 0 Å². The molecule has 6 aromatic rings. The number of nitrogens with one attached hydrogen (secondary N) is 2. The molecule has 0 saturated carbocycles. The zero-order valence-corrected chi connectivity index (χ0v) is 32.5. The maximum Gasteiger partial charge on any atom is 0.320 e. The number of aromatic nitrogens is 5. The largest absolute Gasteiger partial charge is 0.505 e. The Morgan fingerprint density at radius 2 is 1.85 bits per heavy atom. The smallest absolute Gasteiger partial charge is 0.320 e. The van der Waals surface area contributed by atoms with Crippen LogP contribution in [0.15, 0.2) is 101 Å². The number of pyridine rings is 1. The maximum absolute atomic E-state index is 13.9. The van der Waals surface area contributed by atoms with E-state index in [2.05, 4.69) is 39.6 Å². The molecule has 3 aromatic heterocycles. The monoisotopic (exact) mass is 782 g/mol. The lowest BCUT2D eigenvalue weighted by Gasteiger charge is -2.26. The summed E-state index contributed by atoms with van der Waals surface area (Å²) < 4.78 is 28.9. The van der Waals surface area contributed by atoms with Crippen molar-refractivity contribution >= 4 is 41.0 Å². The SMILES string of the molecule is CSCC(C)(C)c1cc(NC(=O)NCc2ccccc2Sc2ccc3nnc(-c4cccc(OCCN5CCOCC5)c4)n3c2)n(-c2ccc(F)c(O)c2)n1. The first-order valence-corrected chi connectivity index (χ1v) is 20.1. The van der Waals surface area contributed by atoms with Gasteiger partial charge in [0.1, 0.15) is 18.2 Å². The van der Waals surface area contributed by atoms with Crippen molar-refractivity contribution in [3.8, 4) is 28.6 Å². The Kier molecular flexibility index (Phi) is 11.9. The number of carbonyl (C=O) groups excluding carboxylic acids is 1. The Bertz CT molecular complexity index is 2270. The van der Waals surface area contributed by atoms with E-state index >= 15 is 0 Å². The molecule has 15 heteroatoms. The first-order chi connectivity index (χ1) is 26.7. The number of phenolic OH excluding ortho intramolecular Hbond substituents is 1. The first-order valence-electron chi connectivity index (χ1n) is 17.9. The van der Waals surface area contributed by atoms with Crippen molar-refractivity contribution in [1.29, 1.82) is 0 Å². The highest BCUT2D eigenvalue weighted by Gasteiger charge is 2.26. The summed E-state index contributed by atoms with van der Waals surface area (Å²) in [7, 11) is 0. The fourth-order valence-electron chi connectivity index (χ4n) is 6.25. The number of aromatic hydroxyl groups is 1. The summed E-state index contributed by atoms with van der Waals surface area (Å²) in [5.41, 5.74) is 3.39. The Labute approximate surface area is 327 Å². The summed E-state index contributed by atoms with van der Waals surface area (Å²) in [5.74, 6) is 1.42. The van der Waals surface area contributed by atoms with E-state index < -0.39 is 17.6 Å². The summed E-state index contributed by atoms with van der Waals surface area (Å²) in [6, 6.07) is 25.1. The third-order valence-electron chi connectivity index (χ3n) is 9.21. The summed E-state index contributed by atoms with van der Waals surface area (Å²) in [4.78, 5) is 17.7. The summed E-state index contributed by atoms with van der Waals surface area (Å²) in [6.45, 7) is 9.19. The molecule has 3 aromatic carbocycles. The van der Waals surface area contributed by atoms with Gasteiger partial charge in [-0.1, -0.05) is 55.9 Å². The van der Waals surface area contributed by atoms with Crippen molar-refractivity contribution in [3.63, 3.8) is 0 Å². The zero-order chi connectivity index (χ0) is 38.4. The molecule has 1 saturated heterocycles. The van der Waals surface area contributed by atoms with Crippen LogP contribution in [-0.4, -0.2) is 91.9 Å². The van der Waals surface area contributed by atoms with Crippen LogP contribution in [0, 0.1) is 5.82 Å². The molecule has 55 heavy (non-hydrogen) atoms. The van der Waals surface area contributed by atoms with E-state index in [4.69, 9.17) is 14.6 Å². The number of nitrogens with zero attached hydrogens (tertiary/aromatic N) is 6. The van der Waals surface area contributed by atoms with Crippen LogP contribution in [0.1, 0.15) is 25.1 Å². The van der Waals surface area contributed by atoms with Gasteiger partial charge in [0, 0.05) is 71.0 Å². The summed E-state index contributed by atoms with van der Waals surface area (Å²) in [6.07, 6.45) is 4.04. The van der Waals surface area contributed by atoms with Gasteiger partial charge in [-0.05, 0) is 54.3 Å². The van der Waals surface area contributed by atoms with E-state index in [-0.39, 0.29) is 12.0 Å². The molecule has 0 bridgehead atoms. The van der Waals surface area contributed by atoms with E-state index in [1.54, 1.807) is 23.5 Å². The molecule has 2 amide bonds. The minimum Gasteiger partial charge on any atom is -0.505 e. The Balaban J connectivity index is 1.04. The molecule has 0 atom stereocenters. The number of ether oxygens (including phenoxy) is 2. The second kappa shape index (κ2) is 17.1. The predicted octanol–water partition coefficient (Wildman–Crippen LogP) is 7.25. The molecular weight excluding hydrogens is 740 g/mol. The standard InChI is InChI=1S/C40H43FN8O4S2/c1-40(2,26-54-3)35-23-37(49(46-35)29-11-13-32(41)33(50)22-29)43-39(51)42-24-28-7-4-5-10-34(28)55-31-12-14-36-44-45-38(48(36)25-31)27-8-6-9-30(21-27)53-20-17-47-15-18-52-19-16-47/h4-14,21-23,25,50H,15-20,24,26H2,1-3H3,(H2,42,43,51). The van der Waals surface area contributed by atoms with Gasteiger partial charge in [0.2, 0.25) is 0 Å². The number of carbonyl (C=O) groups is 1. The normalized spacial score (nSPS) is 13.6. The lowest BCUT2D eigenvalue weighted by molar-refractivity contribution is 0.0322. The van der Waals surface area contributed by atoms with Crippen LogP contribution in [0.4, 0.5) is 15.0 Å². The molecule has 3 N–H and O–H groups in total. The minimum atomic E-state index is -0.740. The number of fused-ring (bicyclic) bond motifs is 1. The molecule has 0 aliphatic carbocycles. The molecule has 1 aliphatic heterocycles. The number of hydrogen-bond donors (Lipinski definition) is 3. The zero-order valence-electron chi connectivity index (χ0n) is 30.9. The lowest BCUT2D eigenvalue weighted by atomic mass is 9.92. The van der Waals surface area contributed by atoms with Gasteiger partial charge in [-0.2, -0.15) is 16.9 Å². The van der Waals surface area contributed by atoms with Crippen molar-refractivity contribution in [1.82, 2.24) is 34.6 Å². The van der Waals surface area contributed by atoms with Gasteiger partial charge >= 0.3 is 6.03 Å². The van der Waals surface area contributed by atoms with Crippen molar-refractivity contribution in [3.05, 3.63) is 108 Å². The van der Waals surface area contributed by atoms with Gasteiger partial charge < -0.3 is 19.9 Å². The number of anilines is 1. The van der Waals surface area contributed by atoms with E-state index in [0.29, 0.717) is 23.9 Å². The topological polar surface area (TPSA) is 131 Å². The highest BCUT2D eigenvalue weighted by molar-refractivity contribution is 7.99. The molecule has 0 spiro atoms. The molecule has 1 fully saturated rings.